The molecule has 0 spiro atoms. The zero-order chi connectivity index (χ0) is 11.9. The fourth-order valence-corrected chi connectivity index (χ4v) is 1.64. The Hall–Kier alpha value is -1.84. The third-order valence-corrected chi connectivity index (χ3v) is 2.62. The number of rotatable bonds is 6. The van der Waals surface area contributed by atoms with E-state index in [1.54, 1.807) is 12.7 Å². The van der Waals surface area contributed by atoms with Crippen LogP contribution in [0.4, 0.5) is 5.69 Å². The first-order valence-corrected chi connectivity index (χ1v) is 6.03. The van der Waals surface area contributed by atoms with Crippen LogP contribution in [0.25, 0.3) is 0 Å². The molecular weight excluding hydrogens is 212 g/mol. The zero-order valence-corrected chi connectivity index (χ0v) is 10.1. The second-order valence-electron chi connectivity index (χ2n) is 4.07. The van der Waals surface area contributed by atoms with Crippen LogP contribution in [0.2, 0.25) is 0 Å². The lowest BCUT2D eigenvalue weighted by atomic mass is 10.2. The maximum Gasteiger partial charge on any atom is 0.137 e. The molecule has 17 heavy (non-hydrogen) atoms. The smallest absolute Gasteiger partial charge is 0.137 e. The third kappa shape index (κ3) is 3.59. The molecule has 1 N–H and O–H groups in total. The maximum atomic E-state index is 4.08. The normalized spacial score (nSPS) is 10.4. The summed E-state index contributed by atoms with van der Waals surface area (Å²) in [6.45, 7) is 4.01. The number of benzene rings is 1. The van der Waals surface area contributed by atoms with Gasteiger partial charge in [-0.25, -0.2) is 9.67 Å². The van der Waals surface area contributed by atoms with Crippen LogP contribution in [0.5, 0.6) is 0 Å². The molecule has 4 nitrogen and oxygen atoms in total. The van der Waals surface area contributed by atoms with Gasteiger partial charge < -0.3 is 5.32 Å². The molecule has 0 unspecified atom stereocenters. The summed E-state index contributed by atoms with van der Waals surface area (Å²) < 4.78 is 1.82. The number of nitrogens with one attached hydrogen (secondary N) is 1. The van der Waals surface area contributed by atoms with Gasteiger partial charge in [-0.15, -0.1) is 0 Å². The standard InChI is InChI=1S/C13H18N4/c1-2-3-8-15-13-6-4-12(5-7-13)9-17-11-14-10-16-17/h4-7,10-11,15H,2-3,8-9H2,1H3. The van der Waals surface area contributed by atoms with E-state index >= 15 is 0 Å². The molecule has 1 aromatic heterocycles. The highest BCUT2D eigenvalue weighted by molar-refractivity contribution is 5.44. The lowest BCUT2D eigenvalue weighted by molar-refractivity contribution is 0.685. The predicted octanol–water partition coefficient (Wildman–Crippen LogP) is 2.54. The molecule has 0 amide bonds. The molecule has 0 atom stereocenters. The number of nitrogens with zero attached hydrogens (tertiary/aromatic N) is 3. The van der Waals surface area contributed by atoms with E-state index in [4.69, 9.17) is 0 Å². The molecular formula is C13H18N4. The van der Waals surface area contributed by atoms with Crippen LogP contribution in [0, 0.1) is 0 Å². The summed E-state index contributed by atoms with van der Waals surface area (Å²) in [5.74, 6) is 0. The van der Waals surface area contributed by atoms with E-state index in [1.165, 1.54) is 24.1 Å². The average Bonchev–Trinajstić information content (AvgIpc) is 2.85. The van der Waals surface area contributed by atoms with Gasteiger partial charge in [0.05, 0.1) is 6.54 Å². The van der Waals surface area contributed by atoms with Crippen molar-refractivity contribution in [3.8, 4) is 0 Å². The van der Waals surface area contributed by atoms with Crippen LogP contribution in [-0.4, -0.2) is 21.3 Å². The van der Waals surface area contributed by atoms with E-state index in [1.807, 2.05) is 4.68 Å². The van der Waals surface area contributed by atoms with Crippen molar-refractivity contribution in [2.45, 2.75) is 26.3 Å². The van der Waals surface area contributed by atoms with Crippen molar-refractivity contribution in [1.29, 1.82) is 0 Å². The molecule has 0 fully saturated rings. The van der Waals surface area contributed by atoms with Gasteiger partial charge >= 0.3 is 0 Å². The Morgan fingerprint density at radius 2 is 2.06 bits per heavy atom. The van der Waals surface area contributed by atoms with Crippen molar-refractivity contribution in [3.05, 3.63) is 42.5 Å². The Labute approximate surface area is 102 Å². The van der Waals surface area contributed by atoms with Gasteiger partial charge in [-0.2, -0.15) is 5.10 Å². The van der Waals surface area contributed by atoms with E-state index < -0.39 is 0 Å². The monoisotopic (exact) mass is 230 g/mol. The Balaban J connectivity index is 1.89. The van der Waals surface area contributed by atoms with Crippen LogP contribution in [0.1, 0.15) is 25.3 Å². The Morgan fingerprint density at radius 1 is 1.24 bits per heavy atom. The second kappa shape index (κ2) is 6.03. The number of aromatic nitrogens is 3. The van der Waals surface area contributed by atoms with Gasteiger partial charge in [0.1, 0.15) is 12.7 Å². The lowest BCUT2D eigenvalue weighted by Gasteiger charge is -2.06. The van der Waals surface area contributed by atoms with Gasteiger partial charge in [-0.3, -0.25) is 0 Å². The Morgan fingerprint density at radius 3 is 2.71 bits per heavy atom. The molecule has 0 aliphatic carbocycles. The first kappa shape index (κ1) is 11.6. The molecule has 0 saturated carbocycles. The summed E-state index contributed by atoms with van der Waals surface area (Å²) in [6, 6.07) is 8.47. The highest BCUT2D eigenvalue weighted by Crippen LogP contribution is 2.10. The van der Waals surface area contributed by atoms with Gasteiger partial charge in [0.15, 0.2) is 0 Å². The van der Waals surface area contributed by atoms with Gasteiger partial charge in [0.25, 0.3) is 0 Å². The van der Waals surface area contributed by atoms with Gasteiger partial charge in [0, 0.05) is 12.2 Å². The molecule has 0 aliphatic heterocycles. The first-order chi connectivity index (χ1) is 8.38. The highest BCUT2D eigenvalue weighted by Gasteiger charge is 1.96. The molecule has 2 rings (SSSR count). The minimum absolute atomic E-state index is 0.773. The van der Waals surface area contributed by atoms with Crippen LogP contribution in [0.15, 0.2) is 36.9 Å². The maximum absolute atomic E-state index is 4.08. The SMILES string of the molecule is CCCCNc1ccc(Cn2cncn2)cc1. The van der Waals surface area contributed by atoms with Gasteiger partial charge in [-0.1, -0.05) is 25.5 Å². The van der Waals surface area contributed by atoms with Crippen molar-refractivity contribution >= 4 is 5.69 Å². The fourth-order valence-electron chi connectivity index (χ4n) is 1.64. The van der Waals surface area contributed by atoms with Gasteiger partial charge in [-0.05, 0) is 24.1 Å². The molecule has 4 heteroatoms. The van der Waals surface area contributed by atoms with Crippen molar-refractivity contribution < 1.29 is 0 Å². The summed E-state index contributed by atoms with van der Waals surface area (Å²) in [5, 5.41) is 7.48. The van der Waals surface area contributed by atoms with Crippen LogP contribution in [-0.2, 0) is 6.54 Å². The molecule has 0 aliphatic rings. The summed E-state index contributed by atoms with van der Waals surface area (Å²) in [7, 11) is 0. The third-order valence-electron chi connectivity index (χ3n) is 2.62. The van der Waals surface area contributed by atoms with Crippen molar-refractivity contribution in [3.63, 3.8) is 0 Å². The minimum Gasteiger partial charge on any atom is -0.385 e. The lowest BCUT2D eigenvalue weighted by Crippen LogP contribution is -2.02. The topological polar surface area (TPSA) is 42.7 Å². The van der Waals surface area contributed by atoms with E-state index in [-0.39, 0.29) is 0 Å². The van der Waals surface area contributed by atoms with Crippen molar-refractivity contribution in [2.24, 2.45) is 0 Å². The van der Waals surface area contributed by atoms with E-state index in [2.05, 4.69) is 46.6 Å². The van der Waals surface area contributed by atoms with E-state index in [0.717, 1.165) is 13.1 Å². The number of unbranched alkanes of at least 4 members (excludes halogenated alkanes) is 1. The summed E-state index contributed by atoms with van der Waals surface area (Å²) >= 11 is 0. The Bertz CT molecular complexity index is 419. The van der Waals surface area contributed by atoms with Crippen LogP contribution < -0.4 is 5.32 Å². The van der Waals surface area contributed by atoms with Crippen molar-refractivity contribution in [2.75, 3.05) is 11.9 Å². The molecule has 2 aromatic rings. The number of hydrogen-bond donors (Lipinski definition) is 1. The average molecular weight is 230 g/mol. The largest absolute Gasteiger partial charge is 0.385 e. The van der Waals surface area contributed by atoms with Crippen LogP contribution in [0.3, 0.4) is 0 Å². The summed E-state index contributed by atoms with van der Waals surface area (Å²) in [4.78, 5) is 3.93. The molecule has 1 heterocycles. The summed E-state index contributed by atoms with van der Waals surface area (Å²) in [6.07, 6.45) is 5.71. The summed E-state index contributed by atoms with van der Waals surface area (Å²) in [5.41, 5.74) is 2.41. The van der Waals surface area contributed by atoms with Gasteiger partial charge in [0.2, 0.25) is 0 Å². The van der Waals surface area contributed by atoms with E-state index in [9.17, 15) is 0 Å². The number of anilines is 1. The first-order valence-electron chi connectivity index (χ1n) is 6.03. The number of hydrogen-bond acceptors (Lipinski definition) is 3. The highest BCUT2D eigenvalue weighted by atomic mass is 15.3. The minimum atomic E-state index is 0.773. The molecule has 0 radical (unpaired) electrons. The molecule has 0 saturated heterocycles. The second-order valence-corrected chi connectivity index (χ2v) is 4.07. The quantitative estimate of drug-likeness (QED) is 0.775. The molecule has 1 aromatic carbocycles. The molecule has 90 valence electrons. The Kier molecular flexibility index (Phi) is 4.13. The predicted molar refractivity (Wildman–Crippen MR) is 69.0 cm³/mol. The fraction of sp³-hybridized carbons (Fsp3) is 0.385. The van der Waals surface area contributed by atoms with E-state index in [0.29, 0.717) is 0 Å². The zero-order valence-electron chi connectivity index (χ0n) is 10.1. The van der Waals surface area contributed by atoms with Crippen LogP contribution >= 0.6 is 0 Å². The molecule has 0 bridgehead atoms. The van der Waals surface area contributed by atoms with Crippen molar-refractivity contribution in [1.82, 2.24) is 14.8 Å².